The molecule has 1 N–H and O–H groups in total. The molecule has 1 rings (SSSR count). The highest BCUT2D eigenvalue weighted by molar-refractivity contribution is 8.20. The minimum atomic E-state index is -0.118. The van der Waals surface area contributed by atoms with E-state index in [2.05, 4.69) is 0 Å². The number of hydrogen-bond donors (Lipinski definition) is 1. The minimum absolute atomic E-state index is 0.118. The van der Waals surface area contributed by atoms with Crippen molar-refractivity contribution >= 4 is 23.5 Å². The van der Waals surface area contributed by atoms with Gasteiger partial charge in [0.2, 0.25) is 0 Å². The van der Waals surface area contributed by atoms with Crippen molar-refractivity contribution in [2.45, 2.75) is 24.0 Å². The molecule has 0 unspecified atom stereocenters. The van der Waals surface area contributed by atoms with Crippen LogP contribution in [0.25, 0.3) is 0 Å². The van der Waals surface area contributed by atoms with Crippen LogP contribution in [0.2, 0.25) is 0 Å². The first-order valence-corrected chi connectivity index (χ1v) is 5.30. The van der Waals surface area contributed by atoms with Gasteiger partial charge in [-0.25, -0.2) is 0 Å². The van der Waals surface area contributed by atoms with E-state index >= 15 is 0 Å². The molecule has 3 heteroatoms. The van der Waals surface area contributed by atoms with Gasteiger partial charge in [-0.15, -0.1) is 23.5 Å². The number of aliphatic hydroxyl groups is 1. The smallest absolute Gasteiger partial charge is 0.0530 e. The van der Waals surface area contributed by atoms with Crippen LogP contribution in [0.5, 0.6) is 0 Å². The second-order valence-electron chi connectivity index (χ2n) is 2.26. The van der Waals surface area contributed by atoms with Gasteiger partial charge in [0.15, 0.2) is 0 Å². The molecule has 1 heterocycles. The maximum atomic E-state index is 8.99. The molecule has 1 fully saturated rings. The second kappa shape index (κ2) is 3.74. The van der Waals surface area contributed by atoms with Crippen LogP contribution >= 0.6 is 23.5 Å². The van der Waals surface area contributed by atoms with E-state index in [9.17, 15) is 0 Å². The van der Waals surface area contributed by atoms with Crippen LogP contribution in [0.15, 0.2) is 0 Å². The summed E-state index contributed by atoms with van der Waals surface area (Å²) in [5, 5.41) is 8.99. The molecule has 0 radical (unpaired) electrons. The maximum Gasteiger partial charge on any atom is 0.0530 e. The molecule has 0 aromatic rings. The zero-order valence-corrected chi connectivity index (χ0v) is 7.17. The molecule has 54 valence electrons. The van der Waals surface area contributed by atoms with Crippen LogP contribution in [-0.2, 0) is 0 Å². The lowest BCUT2D eigenvalue weighted by atomic mass is 10.3. The first-order chi connectivity index (χ1) is 4.29. The van der Waals surface area contributed by atoms with Gasteiger partial charge in [-0.2, -0.15) is 0 Å². The standard InChI is InChI=1S/C6H12OS2/c1-5(7)4-6-8-2-3-9-6/h5-7H,2-4H2,1H3/t5-/m0/s1. The van der Waals surface area contributed by atoms with Gasteiger partial charge >= 0.3 is 0 Å². The van der Waals surface area contributed by atoms with Crippen LogP contribution in [0, 0.1) is 0 Å². The van der Waals surface area contributed by atoms with E-state index in [1.807, 2.05) is 30.4 Å². The summed E-state index contributed by atoms with van der Waals surface area (Å²) >= 11 is 3.95. The number of thioether (sulfide) groups is 2. The van der Waals surface area contributed by atoms with Gasteiger partial charge in [0.1, 0.15) is 0 Å². The zero-order chi connectivity index (χ0) is 6.69. The monoisotopic (exact) mass is 164 g/mol. The predicted octanol–water partition coefficient (Wildman–Crippen LogP) is 1.56. The molecule has 1 saturated heterocycles. The quantitative estimate of drug-likeness (QED) is 0.669. The Morgan fingerprint density at radius 3 is 2.56 bits per heavy atom. The SMILES string of the molecule is C[C@H](O)CC1SCCS1. The van der Waals surface area contributed by atoms with Gasteiger partial charge in [-0.1, -0.05) is 0 Å². The number of hydrogen-bond acceptors (Lipinski definition) is 3. The third-order valence-corrected chi connectivity index (χ3v) is 4.31. The first kappa shape index (κ1) is 7.76. The molecule has 9 heavy (non-hydrogen) atoms. The highest BCUT2D eigenvalue weighted by Crippen LogP contribution is 2.34. The van der Waals surface area contributed by atoms with Crippen LogP contribution in [0.4, 0.5) is 0 Å². The van der Waals surface area contributed by atoms with Crippen molar-refractivity contribution in [2.75, 3.05) is 11.5 Å². The first-order valence-electron chi connectivity index (χ1n) is 3.20. The van der Waals surface area contributed by atoms with E-state index in [-0.39, 0.29) is 6.10 Å². The summed E-state index contributed by atoms with van der Waals surface area (Å²) in [6, 6.07) is 0. The number of aliphatic hydroxyl groups excluding tert-OH is 1. The van der Waals surface area contributed by atoms with Crippen molar-refractivity contribution in [3.8, 4) is 0 Å². The minimum Gasteiger partial charge on any atom is -0.393 e. The molecule has 0 aromatic heterocycles. The van der Waals surface area contributed by atoms with Crippen LogP contribution in [0.1, 0.15) is 13.3 Å². The lowest BCUT2D eigenvalue weighted by Gasteiger charge is -2.08. The van der Waals surface area contributed by atoms with Gasteiger partial charge in [0.25, 0.3) is 0 Å². The molecule has 1 aliphatic rings. The predicted molar refractivity (Wildman–Crippen MR) is 45.0 cm³/mol. The highest BCUT2D eigenvalue weighted by Gasteiger charge is 2.17. The maximum absolute atomic E-state index is 8.99. The van der Waals surface area contributed by atoms with Crippen molar-refractivity contribution in [1.82, 2.24) is 0 Å². The molecular formula is C6H12OS2. The van der Waals surface area contributed by atoms with Crippen LogP contribution < -0.4 is 0 Å². The third kappa shape index (κ3) is 2.83. The Labute approximate surface area is 64.6 Å². The van der Waals surface area contributed by atoms with Gasteiger partial charge in [0, 0.05) is 11.5 Å². The van der Waals surface area contributed by atoms with E-state index in [1.54, 1.807) is 0 Å². The van der Waals surface area contributed by atoms with Crippen LogP contribution in [0.3, 0.4) is 0 Å². The fourth-order valence-corrected chi connectivity index (χ4v) is 3.91. The Morgan fingerprint density at radius 2 is 2.11 bits per heavy atom. The molecule has 0 bridgehead atoms. The second-order valence-corrected chi connectivity index (χ2v) is 5.18. The summed E-state index contributed by atoms with van der Waals surface area (Å²) in [4.78, 5) is 0. The molecule has 0 spiro atoms. The average molecular weight is 164 g/mol. The van der Waals surface area contributed by atoms with Crippen LogP contribution in [-0.4, -0.2) is 27.3 Å². The topological polar surface area (TPSA) is 20.2 Å². The van der Waals surface area contributed by atoms with Gasteiger partial charge in [0.05, 0.1) is 10.7 Å². The summed E-state index contributed by atoms with van der Waals surface area (Å²) in [5.74, 6) is 2.53. The molecule has 0 saturated carbocycles. The molecule has 0 aliphatic carbocycles. The van der Waals surface area contributed by atoms with E-state index < -0.39 is 0 Å². The lowest BCUT2D eigenvalue weighted by molar-refractivity contribution is 0.190. The average Bonchev–Trinajstić information content (AvgIpc) is 2.15. The third-order valence-electron chi connectivity index (χ3n) is 1.22. The summed E-state index contributed by atoms with van der Waals surface area (Å²) in [7, 11) is 0. The Kier molecular flexibility index (Phi) is 3.22. The summed E-state index contributed by atoms with van der Waals surface area (Å²) in [6.07, 6.45) is 0.836. The fraction of sp³-hybridized carbons (Fsp3) is 1.00. The zero-order valence-electron chi connectivity index (χ0n) is 5.54. The summed E-state index contributed by atoms with van der Waals surface area (Å²) in [6.45, 7) is 1.86. The summed E-state index contributed by atoms with van der Waals surface area (Å²) < 4.78 is 0.671. The molecule has 0 aromatic carbocycles. The van der Waals surface area contributed by atoms with E-state index in [0.717, 1.165) is 6.42 Å². The van der Waals surface area contributed by atoms with Crippen molar-refractivity contribution in [2.24, 2.45) is 0 Å². The van der Waals surface area contributed by atoms with Gasteiger partial charge < -0.3 is 5.11 Å². The molecule has 1 atom stereocenters. The molecule has 1 nitrogen and oxygen atoms in total. The van der Waals surface area contributed by atoms with E-state index in [1.165, 1.54) is 11.5 Å². The lowest BCUT2D eigenvalue weighted by Crippen LogP contribution is -2.06. The van der Waals surface area contributed by atoms with E-state index in [0.29, 0.717) is 4.58 Å². The molecule has 0 amide bonds. The Bertz CT molecular complexity index is 79.1. The highest BCUT2D eigenvalue weighted by atomic mass is 32.2. The Balaban J connectivity index is 2.11. The van der Waals surface area contributed by atoms with Crippen molar-refractivity contribution in [1.29, 1.82) is 0 Å². The number of rotatable bonds is 2. The molecule has 1 aliphatic heterocycles. The summed E-state index contributed by atoms with van der Waals surface area (Å²) in [5.41, 5.74) is 0. The van der Waals surface area contributed by atoms with Crippen molar-refractivity contribution in [3.63, 3.8) is 0 Å². The molecular weight excluding hydrogens is 152 g/mol. The Morgan fingerprint density at radius 1 is 1.56 bits per heavy atom. The normalized spacial score (nSPS) is 24.7. The van der Waals surface area contributed by atoms with E-state index in [4.69, 9.17) is 5.11 Å². The fourth-order valence-electron chi connectivity index (χ4n) is 0.822. The van der Waals surface area contributed by atoms with Gasteiger partial charge in [-0.05, 0) is 13.3 Å². The largest absolute Gasteiger partial charge is 0.393 e. The van der Waals surface area contributed by atoms with Crippen molar-refractivity contribution < 1.29 is 5.11 Å². The van der Waals surface area contributed by atoms with Gasteiger partial charge in [-0.3, -0.25) is 0 Å². The Hall–Kier alpha value is 0.660. The van der Waals surface area contributed by atoms with Crippen molar-refractivity contribution in [3.05, 3.63) is 0 Å².